The van der Waals surface area contributed by atoms with E-state index >= 15 is 0 Å². The zero-order valence-corrected chi connectivity index (χ0v) is 9.73. The number of carbonyl (C=O) groups excluding carboxylic acids is 1. The second-order valence-corrected chi connectivity index (χ2v) is 3.93. The van der Waals surface area contributed by atoms with Crippen LogP contribution in [0.4, 0.5) is 0 Å². The van der Waals surface area contributed by atoms with Crippen molar-refractivity contribution in [2.75, 3.05) is 6.54 Å². The van der Waals surface area contributed by atoms with Crippen molar-refractivity contribution in [3.8, 4) is 5.75 Å². The van der Waals surface area contributed by atoms with Gasteiger partial charge in [0.2, 0.25) is 0 Å². The predicted octanol–water partition coefficient (Wildman–Crippen LogP) is 2.69. The first-order valence-electron chi connectivity index (χ1n) is 5.73. The van der Waals surface area contributed by atoms with Gasteiger partial charge in [0.15, 0.2) is 0 Å². The van der Waals surface area contributed by atoms with Gasteiger partial charge in [0, 0.05) is 17.5 Å². The standard InChI is InChI=1S/C14H15NO2/c1-2-9-15-14(17)12-7-8-13(16)11-6-4-3-5-10(11)12/h3-8,16H,2,9H2,1H3,(H,15,17). The molecule has 0 aliphatic rings. The lowest BCUT2D eigenvalue weighted by Crippen LogP contribution is -2.24. The summed E-state index contributed by atoms with van der Waals surface area (Å²) in [6, 6.07) is 10.6. The van der Waals surface area contributed by atoms with E-state index in [9.17, 15) is 9.90 Å². The molecule has 2 aromatic carbocycles. The molecular formula is C14H15NO2. The molecule has 2 N–H and O–H groups in total. The van der Waals surface area contributed by atoms with Crippen LogP contribution in [0.3, 0.4) is 0 Å². The molecular weight excluding hydrogens is 214 g/mol. The number of amides is 1. The molecule has 3 nitrogen and oxygen atoms in total. The molecule has 0 atom stereocenters. The predicted molar refractivity (Wildman–Crippen MR) is 68.2 cm³/mol. The number of rotatable bonds is 3. The van der Waals surface area contributed by atoms with Crippen molar-refractivity contribution in [2.45, 2.75) is 13.3 Å². The lowest BCUT2D eigenvalue weighted by Gasteiger charge is -2.08. The van der Waals surface area contributed by atoms with Gasteiger partial charge in [-0.25, -0.2) is 0 Å². The van der Waals surface area contributed by atoms with Crippen LogP contribution >= 0.6 is 0 Å². The minimum Gasteiger partial charge on any atom is -0.507 e. The average Bonchev–Trinajstić information content (AvgIpc) is 2.37. The highest BCUT2D eigenvalue weighted by atomic mass is 16.3. The van der Waals surface area contributed by atoms with Crippen molar-refractivity contribution in [2.24, 2.45) is 0 Å². The van der Waals surface area contributed by atoms with Crippen molar-refractivity contribution < 1.29 is 9.90 Å². The van der Waals surface area contributed by atoms with E-state index < -0.39 is 0 Å². The Kier molecular flexibility index (Phi) is 3.28. The van der Waals surface area contributed by atoms with Crippen molar-refractivity contribution in [1.29, 1.82) is 0 Å². The van der Waals surface area contributed by atoms with E-state index in [1.807, 2.05) is 25.1 Å². The van der Waals surface area contributed by atoms with E-state index in [1.54, 1.807) is 18.2 Å². The molecule has 88 valence electrons. The molecule has 0 heterocycles. The minimum atomic E-state index is -0.0944. The van der Waals surface area contributed by atoms with Crippen LogP contribution in [0.5, 0.6) is 5.75 Å². The van der Waals surface area contributed by atoms with E-state index in [-0.39, 0.29) is 11.7 Å². The summed E-state index contributed by atoms with van der Waals surface area (Å²) in [6.07, 6.45) is 0.905. The third kappa shape index (κ3) is 2.23. The molecule has 0 saturated heterocycles. The van der Waals surface area contributed by atoms with Crippen molar-refractivity contribution >= 4 is 16.7 Å². The Bertz CT molecular complexity index is 549. The minimum absolute atomic E-state index is 0.0944. The van der Waals surface area contributed by atoms with E-state index in [0.29, 0.717) is 17.5 Å². The number of phenols is 1. The molecule has 0 unspecified atom stereocenters. The molecule has 0 aromatic heterocycles. The van der Waals surface area contributed by atoms with Gasteiger partial charge in [0.25, 0.3) is 5.91 Å². The molecule has 2 aromatic rings. The van der Waals surface area contributed by atoms with E-state index in [4.69, 9.17) is 0 Å². The van der Waals surface area contributed by atoms with Crippen LogP contribution in [-0.2, 0) is 0 Å². The van der Waals surface area contributed by atoms with Crippen LogP contribution in [0.1, 0.15) is 23.7 Å². The Labute approximate surface area is 100 Å². The fourth-order valence-corrected chi connectivity index (χ4v) is 1.81. The molecule has 1 amide bonds. The van der Waals surface area contributed by atoms with Gasteiger partial charge >= 0.3 is 0 Å². The normalized spacial score (nSPS) is 10.4. The molecule has 0 spiro atoms. The van der Waals surface area contributed by atoms with Gasteiger partial charge in [-0.1, -0.05) is 31.2 Å². The number of nitrogens with one attached hydrogen (secondary N) is 1. The first-order valence-corrected chi connectivity index (χ1v) is 5.73. The van der Waals surface area contributed by atoms with Crippen LogP contribution in [0.15, 0.2) is 36.4 Å². The molecule has 17 heavy (non-hydrogen) atoms. The van der Waals surface area contributed by atoms with Gasteiger partial charge in [0.05, 0.1) is 0 Å². The van der Waals surface area contributed by atoms with Crippen LogP contribution < -0.4 is 5.32 Å². The summed E-state index contributed by atoms with van der Waals surface area (Å²) in [7, 11) is 0. The summed E-state index contributed by atoms with van der Waals surface area (Å²) < 4.78 is 0. The summed E-state index contributed by atoms with van der Waals surface area (Å²) >= 11 is 0. The molecule has 3 heteroatoms. The molecule has 0 radical (unpaired) electrons. The molecule has 0 fully saturated rings. The number of phenolic OH excluding ortho intramolecular Hbond substituents is 1. The zero-order chi connectivity index (χ0) is 12.3. The van der Waals surface area contributed by atoms with Gasteiger partial charge in [-0.05, 0) is 23.9 Å². The van der Waals surface area contributed by atoms with Gasteiger partial charge in [-0.2, -0.15) is 0 Å². The van der Waals surface area contributed by atoms with Gasteiger partial charge in [-0.15, -0.1) is 0 Å². The van der Waals surface area contributed by atoms with Crippen LogP contribution in [0.25, 0.3) is 10.8 Å². The quantitative estimate of drug-likeness (QED) is 0.850. The van der Waals surface area contributed by atoms with Crippen molar-refractivity contribution in [3.05, 3.63) is 42.0 Å². The fourth-order valence-electron chi connectivity index (χ4n) is 1.81. The zero-order valence-electron chi connectivity index (χ0n) is 9.73. The Balaban J connectivity index is 2.48. The Morgan fingerprint density at radius 3 is 2.59 bits per heavy atom. The van der Waals surface area contributed by atoms with Crippen LogP contribution in [0.2, 0.25) is 0 Å². The Hall–Kier alpha value is -2.03. The van der Waals surface area contributed by atoms with Gasteiger partial charge < -0.3 is 10.4 Å². The van der Waals surface area contributed by atoms with Crippen molar-refractivity contribution in [1.82, 2.24) is 5.32 Å². The fraction of sp³-hybridized carbons (Fsp3) is 0.214. The number of carbonyl (C=O) groups is 1. The number of hydrogen-bond acceptors (Lipinski definition) is 2. The van der Waals surface area contributed by atoms with E-state index in [1.165, 1.54) is 0 Å². The Morgan fingerprint density at radius 1 is 1.18 bits per heavy atom. The van der Waals surface area contributed by atoms with Gasteiger partial charge in [0.1, 0.15) is 5.75 Å². The van der Waals surface area contributed by atoms with E-state index in [2.05, 4.69) is 5.32 Å². The highest BCUT2D eigenvalue weighted by molar-refractivity contribution is 6.08. The smallest absolute Gasteiger partial charge is 0.251 e. The van der Waals surface area contributed by atoms with Crippen LogP contribution in [-0.4, -0.2) is 17.6 Å². The maximum Gasteiger partial charge on any atom is 0.251 e. The summed E-state index contributed by atoms with van der Waals surface area (Å²) in [6.45, 7) is 2.67. The Morgan fingerprint density at radius 2 is 1.88 bits per heavy atom. The third-order valence-electron chi connectivity index (χ3n) is 2.68. The summed E-state index contributed by atoms with van der Waals surface area (Å²) in [5.41, 5.74) is 0.604. The number of aromatic hydroxyl groups is 1. The second kappa shape index (κ2) is 4.87. The monoisotopic (exact) mass is 229 g/mol. The number of fused-ring (bicyclic) bond motifs is 1. The lowest BCUT2D eigenvalue weighted by molar-refractivity contribution is 0.0955. The number of benzene rings is 2. The molecule has 0 aliphatic carbocycles. The molecule has 0 saturated carbocycles. The SMILES string of the molecule is CCCNC(=O)c1ccc(O)c2ccccc12. The highest BCUT2D eigenvalue weighted by Crippen LogP contribution is 2.27. The van der Waals surface area contributed by atoms with E-state index in [0.717, 1.165) is 11.8 Å². The second-order valence-electron chi connectivity index (χ2n) is 3.93. The highest BCUT2D eigenvalue weighted by Gasteiger charge is 2.10. The first-order chi connectivity index (χ1) is 8.24. The average molecular weight is 229 g/mol. The molecule has 0 aliphatic heterocycles. The topological polar surface area (TPSA) is 49.3 Å². The lowest BCUT2D eigenvalue weighted by atomic mass is 10.0. The number of hydrogen-bond donors (Lipinski definition) is 2. The summed E-state index contributed by atoms with van der Waals surface area (Å²) in [4.78, 5) is 11.9. The summed E-state index contributed by atoms with van der Waals surface area (Å²) in [5.74, 6) is 0.107. The molecule has 2 rings (SSSR count). The summed E-state index contributed by atoms with van der Waals surface area (Å²) in [5, 5.41) is 14.0. The maximum atomic E-state index is 11.9. The first kappa shape index (κ1) is 11.5. The van der Waals surface area contributed by atoms with Crippen LogP contribution in [0, 0.1) is 0 Å². The maximum absolute atomic E-state index is 11.9. The molecule has 0 bridgehead atoms. The van der Waals surface area contributed by atoms with Crippen molar-refractivity contribution in [3.63, 3.8) is 0 Å². The van der Waals surface area contributed by atoms with Gasteiger partial charge in [-0.3, -0.25) is 4.79 Å². The largest absolute Gasteiger partial charge is 0.507 e. The third-order valence-corrected chi connectivity index (χ3v) is 2.68.